The van der Waals surface area contributed by atoms with Crippen LogP contribution in [0.4, 0.5) is 11.4 Å². The maximum Gasteiger partial charge on any atom is 0.262 e. The lowest BCUT2D eigenvalue weighted by atomic mass is 10.0. The molecule has 7 heteroatoms. The Bertz CT molecular complexity index is 1170. The molecule has 0 aliphatic carbocycles. The van der Waals surface area contributed by atoms with Crippen LogP contribution in [0.5, 0.6) is 5.75 Å². The molecule has 6 nitrogen and oxygen atoms in total. The predicted octanol–water partition coefficient (Wildman–Crippen LogP) is 5.15. The Morgan fingerprint density at radius 1 is 1.13 bits per heavy atom. The van der Waals surface area contributed by atoms with Crippen molar-refractivity contribution < 1.29 is 14.3 Å². The quantitative estimate of drug-likeness (QED) is 0.443. The summed E-state index contributed by atoms with van der Waals surface area (Å²) in [6.45, 7) is 10.7. The smallest absolute Gasteiger partial charge is 0.262 e. The van der Waals surface area contributed by atoms with E-state index in [4.69, 9.17) is 22.9 Å². The number of carbonyl (C=O) groups excluding carboxylic acids is 2. The molecule has 3 rings (SSSR count). The third kappa shape index (κ3) is 5.02. The number of hydrogen-bond acceptors (Lipinski definition) is 4. The topological polar surface area (TPSA) is 72.6 Å². The van der Waals surface area contributed by atoms with Crippen LogP contribution in [0.1, 0.15) is 27.0 Å². The number of pyridine rings is 1. The Morgan fingerprint density at radius 2 is 1.93 bits per heavy atom. The molecule has 0 saturated carbocycles. The molecular formula is C23H18ClN3O3. The number of aromatic nitrogens is 1. The van der Waals surface area contributed by atoms with Crippen molar-refractivity contribution in [3.63, 3.8) is 0 Å². The van der Waals surface area contributed by atoms with Crippen molar-refractivity contribution in [1.29, 1.82) is 0 Å². The molecular weight excluding hydrogens is 402 g/mol. The van der Waals surface area contributed by atoms with Gasteiger partial charge in [0.25, 0.3) is 5.91 Å². The number of nitrogens with one attached hydrogen (secondary N) is 1. The van der Waals surface area contributed by atoms with E-state index in [1.807, 2.05) is 32.0 Å². The number of benzene rings is 2. The van der Waals surface area contributed by atoms with E-state index >= 15 is 0 Å². The molecule has 1 aromatic heterocycles. The molecule has 0 fully saturated rings. The van der Waals surface area contributed by atoms with Crippen LogP contribution in [0.3, 0.4) is 0 Å². The van der Waals surface area contributed by atoms with Gasteiger partial charge in [0, 0.05) is 28.7 Å². The number of ketones is 1. The SMILES string of the molecule is [C-]#[N+]c1cncc(C(=O)c2cc(Cl)ccc2OCC(=O)Nc2ccc(C)cc2C)c1. The number of aryl methyl sites for hydroxylation is 2. The van der Waals surface area contributed by atoms with Crippen molar-refractivity contribution >= 4 is 34.7 Å². The van der Waals surface area contributed by atoms with Gasteiger partial charge in [-0.15, -0.1) is 0 Å². The minimum absolute atomic E-state index is 0.186. The van der Waals surface area contributed by atoms with Gasteiger partial charge in [-0.05, 0) is 49.7 Å². The molecule has 0 radical (unpaired) electrons. The summed E-state index contributed by atoms with van der Waals surface area (Å²) < 4.78 is 5.62. The van der Waals surface area contributed by atoms with E-state index < -0.39 is 5.78 Å². The minimum Gasteiger partial charge on any atom is -0.483 e. The number of anilines is 1. The van der Waals surface area contributed by atoms with Gasteiger partial charge in [-0.1, -0.05) is 29.3 Å². The number of carbonyl (C=O) groups is 2. The van der Waals surface area contributed by atoms with Crippen LogP contribution in [0.2, 0.25) is 5.02 Å². The normalized spacial score (nSPS) is 10.2. The van der Waals surface area contributed by atoms with Gasteiger partial charge >= 0.3 is 0 Å². The molecule has 150 valence electrons. The van der Waals surface area contributed by atoms with Crippen LogP contribution in [0.15, 0.2) is 54.9 Å². The fourth-order valence-electron chi connectivity index (χ4n) is 2.86. The molecule has 0 spiro atoms. The van der Waals surface area contributed by atoms with Gasteiger partial charge in [0.05, 0.1) is 12.1 Å². The molecule has 3 aromatic rings. The highest BCUT2D eigenvalue weighted by Crippen LogP contribution is 2.26. The first-order valence-corrected chi connectivity index (χ1v) is 9.42. The van der Waals surface area contributed by atoms with Gasteiger partial charge < -0.3 is 10.1 Å². The summed E-state index contributed by atoms with van der Waals surface area (Å²) in [6.07, 6.45) is 2.74. The second-order valence-electron chi connectivity index (χ2n) is 6.67. The average molecular weight is 420 g/mol. The molecule has 1 N–H and O–H groups in total. The summed E-state index contributed by atoms with van der Waals surface area (Å²) >= 11 is 6.06. The number of amides is 1. The van der Waals surface area contributed by atoms with E-state index in [2.05, 4.69) is 15.1 Å². The summed E-state index contributed by atoms with van der Waals surface area (Å²) in [7, 11) is 0. The van der Waals surface area contributed by atoms with E-state index in [1.165, 1.54) is 30.6 Å². The molecule has 1 amide bonds. The highest BCUT2D eigenvalue weighted by atomic mass is 35.5. The zero-order chi connectivity index (χ0) is 21.7. The fraction of sp³-hybridized carbons (Fsp3) is 0.130. The highest BCUT2D eigenvalue weighted by molar-refractivity contribution is 6.31. The van der Waals surface area contributed by atoms with E-state index in [1.54, 1.807) is 6.07 Å². The van der Waals surface area contributed by atoms with Gasteiger partial charge in [0.1, 0.15) is 5.75 Å². The number of ether oxygens (including phenoxy) is 1. The average Bonchev–Trinajstić information content (AvgIpc) is 2.74. The minimum atomic E-state index is -0.403. The fourth-order valence-corrected chi connectivity index (χ4v) is 3.03. The zero-order valence-electron chi connectivity index (χ0n) is 16.4. The standard InChI is InChI=1S/C23H18ClN3O3/c1-14-4-6-20(15(2)8-14)27-22(28)13-30-21-7-5-17(24)10-19(21)23(29)16-9-18(25-3)12-26-11-16/h4-12H,13H2,1-2H3,(H,27,28). The lowest BCUT2D eigenvalue weighted by molar-refractivity contribution is -0.118. The molecule has 0 aliphatic heterocycles. The maximum atomic E-state index is 12.9. The number of hydrogen-bond donors (Lipinski definition) is 1. The third-order valence-corrected chi connectivity index (χ3v) is 4.55. The van der Waals surface area contributed by atoms with Crippen molar-refractivity contribution in [2.45, 2.75) is 13.8 Å². The third-order valence-electron chi connectivity index (χ3n) is 4.32. The molecule has 0 aliphatic rings. The number of rotatable bonds is 6. The molecule has 0 atom stereocenters. The summed E-state index contributed by atoms with van der Waals surface area (Å²) in [5.74, 6) is -0.541. The molecule has 0 bridgehead atoms. The first kappa shape index (κ1) is 21.0. The van der Waals surface area contributed by atoms with E-state index in [0.29, 0.717) is 10.7 Å². The van der Waals surface area contributed by atoms with Crippen LogP contribution < -0.4 is 10.1 Å². The van der Waals surface area contributed by atoms with Crippen molar-refractivity contribution in [3.8, 4) is 5.75 Å². The Hall–Kier alpha value is -3.69. The molecule has 0 saturated heterocycles. The van der Waals surface area contributed by atoms with E-state index in [0.717, 1.165) is 11.1 Å². The summed E-state index contributed by atoms with van der Waals surface area (Å²) in [5, 5.41) is 3.14. The molecule has 2 aromatic carbocycles. The monoisotopic (exact) mass is 419 g/mol. The largest absolute Gasteiger partial charge is 0.483 e. The van der Waals surface area contributed by atoms with Crippen LogP contribution in [-0.2, 0) is 4.79 Å². The Morgan fingerprint density at radius 3 is 2.67 bits per heavy atom. The Labute approximate surface area is 179 Å². The predicted molar refractivity (Wildman–Crippen MR) is 115 cm³/mol. The summed E-state index contributed by atoms with van der Waals surface area (Å²) in [6, 6.07) is 11.7. The highest BCUT2D eigenvalue weighted by Gasteiger charge is 2.17. The van der Waals surface area contributed by atoms with Gasteiger partial charge in [0.15, 0.2) is 12.4 Å². The van der Waals surface area contributed by atoms with Crippen LogP contribution in [0, 0.1) is 20.4 Å². The van der Waals surface area contributed by atoms with Crippen LogP contribution in [0.25, 0.3) is 4.85 Å². The van der Waals surface area contributed by atoms with Crippen molar-refractivity contribution in [1.82, 2.24) is 4.98 Å². The van der Waals surface area contributed by atoms with Gasteiger partial charge in [-0.3, -0.25) is 14.6 Å². The van der Waals surface area contributed by atoms with Crippen molar-refractivity contribution in [2.75, 3.05) is 11.9 Å². The number of nitrogens with zero attached hydrogens (tertiary/aromatic N) is 2. The van der Waals surface area contributed by atoms with Crippen LogP contribution in [-0.4, -0.2) is 23.3 Å². The zero-order valence-corrected chi connectivity index (χ0v) is 17.2. The van der Waals surface area contributed by atoms with E-state index in [-0.39, 0.29) is 35.1 Å². The Kier molecular flexibility index (Phi) is 6.45. The molecule has 1 heterocycles. The summed E-state index contributed by atoms with van der Waals surface area (Å²) in [5.41, 5.74) is 3.41. The van der Waals surface area contributed by atoms with Crippen LogP contribution >= 0.6 is 11.6 Å². The van der Waals surface area contributed by atoms with Crippen molar-refractivity contribution in [2.24, 2.45) is 0 Å². The lowest BCUT2D eigenvalue weighted by Gasteiger charge is -2.13. The molecule has 30 heavy (non-hydrogen) atoms. The molecule has 0 unspecified atom stereocenters. The second kappa shape index (κ2) is 9.21. The Balaban J connectivity index is 1.77. The summed E-state index contributed by atoms with van der Waals surface area (Å²) in [4.78, 5) is 32.5. The van der Waals surface area contributed by atoms with E-state index in [9.17, 15) is 9.59 Å². The van der Waals surface area contributed by atoms with Gasteiger partial charge in [-0.2, -0.15) is 0 Å². The maximum absolute atomic E-state index is 12.9. The lowest BCUT2D eigenvalue weighted by Crippen LogP contribution is -2.21. The second-order valence-corrected chi connectivity index (χ2v) is 7.10. The first-order valence-electron chi connectivity index (χ1n) is 9.04. The first-order chi connectivity index (χ1) is 14.4. The van der Waals surface area contributed by atoms with Crippen molar-refractivity contribution in [3.05, 3.63) is 93.6 Å². The van der Waals surface area contributed by atoms with Gasteiger partial charge in [-0.25, -0.2) is 4.85 Å². The van der Waals surface area contributed by atoms with Gasteiger partial charge in [0.2, 0.25) is 5.69 Å². The number of halogens is 1.